The number of rotatable bonds is 4. The second kappa shape index (κ2) is 4.90. The highest BCUT2D eigenvalue weighted by Crippen LogP contribution is 2.49. The van der Waals surface area contributed by atoms with Gasteiger partial charge in [-0.1, -0.05) is 12.1 Å². The number of hydrogen-bond acceptors (Lipinski definition) is 3. The fourth-order valence-corrected chi connectivity index (χ4v) is 2.94. The summed E-state index contributed by atoms with van der Waals surface area (Å²) in [5, 5.41) is 3.42. The first-order chi connectivity index (χ1) is 8.82. The van der Waals surface area contributed by atoms with Crippen LogP contribution in [0.25, 0.3) is 0 Å². The summed E-state index contributed by atoms with van der Waals surface area (Å²) in [5.74, 6) is 0.985. The summed E-state index contributed by atoms with van der Waals surface area (Å²) < 4.78 is 5.34. The number of ether oxygens (including phenoxy) is 1. The molecular weight excluding hydrogens is 224 g/mol. The van der Waals surface area contributed by atoms with Crippen LogP contribution in [0.2, 0.25) is 0 Å². The Hall–Kier alpha value is -1.06. The van der Waals surface area contributed by atoms with Gasteiger partial charge in [0.1, 0.15) is 5.75 Å². The third-order valence-electron chi connectivity index (χ3n) is 4.27. The second-order valence-electron chi connectivity index (χ2n) is 5.54. The van der Waals surface area contributed by atoms with Crippen molar-refractivity contribution in [1.29, 1.82) is 0 Å². The minimum absolute atomic E-state index is 0.409. The molecule has 98 valence electrons. The van der Waals surface area contributed by atoms with E-state index in [1.807, 2.05) is 6.07 Å². The molecule has 0 unspecified atom stereocenters. The molecule has 1 heterocycles. The maximum Gasteiger partial charge on any atom is 0.119 e. The molecule has 0 aromatic heterocycles. The van der Waals surface area contributed by atoms with E-state index in [0.29, 0.717) is 5.41 Å². The van der Waals surface area contributed by atoms with Gasteiger partial charge in [-0.2, -0.15) is 0 Å². The van der Waals surface area contributed by atoms with E-state index >= 15 is 0 Å². The maximum absolute atomic E-state index is 5.34. The number of nitrogens with one attached hydrogen (secondary N) is 1. The Morgan fingerprint density at radius 1 is 1.28 bits per heavy atom. The average molecular weight is 246 g/mol. The number of nitrogens with zero attached hydrogens (tertiary/aromatic N) is 1. The molecule has 0 amide bonds. The first-order valence-electron chi connectivity index (χ1n) is 6.90. The van der Waals surface area contributed by atoms with Crippen LogP contribution in [0.4, 0.5) is 0 Å². The van der Waals surface area contributed by atoms with Gasteiger partial charge in [0.15, 0.2) is 0 Å². The Morgan fingerprint density at radius 2 is 2.06 bits per heavy atom. The van der Waals surface area contributed by atoms with Crippen molar-refractivity contribution in [1.82, 2.24) is 10.2 Å². The van der Waals surface area contributed by atoms with Crippen LogP contribution in [0, 0.1) is 0 Å². The molecule has 1 saturated heterocycles. The van der Waals surface area contributed by atoms with Gasteiger partial charge >= 0.3 is 0 Å². The summed E-state index contributed by atoms with van der Waals surface area (Å²) in [6.07, 6.45) is 2.65. The van der Waals surface area contributed by atoms with E-state index in [4.69, 9.17) is 4.74 Å². The van der Waals surface area contributed by atoms with Crippen molar-refractivity contribution in [2.45, 2.75) is 18.3 Å². The first kappa shape index (κ1) is 12.0. The molecule has 3 nitrogen and oxygen atoms in total. The van der Waals surface area contributed by atoms with Gasteiger partial charge in [0, 0.05) is 38.1 Å². The van der Waals surface area contributed by atoms with Crippen LogP contribution in [-0.4, -0.2) is 44.7 Å². The van der Waals surface area contributed by atoms with Crippen molar-refractivity contribution in [2.24, 2.45) is 0 Å². The molecule has 0 atom stereocenters. The van der Waals surface area contributed by atoms with E-state index in [-0.39, 0.29) is 0 Å². The van der Waals surface area contributed by atoms with Crippen LogP contribution < -0.4 is 10.1 Å². The second-order valence-corrected chi connectivity index (χ2v) is 5.54. The number of hydrogen-bond donors (Lipinski definition) is 1. The van der Waals surface area contributed by atoms with E-state index in [2.05, 4.69) is 28.4 Å². The van der Waals surface area contributed by atoms with Crippen LogP contribution in [0.15, 0.2) is 24.3 Å². The molecule has 1 aromatic carbocycles. The Bertz CT molecular complexity index is 409. The zero-order chi connectivity index (χ0) is 12.4. The lowest BCUT2D eigenvalue weighted by Crippen LogP contribution is -2.46. The van der Waals surface area contributed by atoms with Gasteiger partial charge in [-0.05, 0) is 30.5 Å². The molecule has 3 rings (SSSR count). The fourth-order valence-electron chi connectivity index (χ4n) is 2.94. The highest BCUT2D eigenvalue weighted by Gasteiger charge is 2.45. The Morgan fingerprint density at radius 3 is 2.72 bits per heavy atom. The predicted octanol–water partition coefficient (Wildman–Crippen LogP) is 1.63. The van der Waals surface area contributed by atoms with Gasteiger partial charge in [0.05, 0.1) is 7.11 Å². The van der Waals surface area contributed by atoms with Crippen molar-refractivity contribution in [3.05, 3.63) is 29.8 Å². The fraction of sp³-hybridized carbons (Fsp3) is 0.600. The summed E-state index contributed by atoms with van der Waals surface area (Å²) in [5.41, 5.74) is 1.87. The van der Waals surface area contributed by atoms with Crippen LogP contribution in [-0.2, 0) is 5.41 Å². The molecule has 18 heavy (non-hydrogen) atoms. The lowest BCUT2D eigenvalue weighted by atomic mass is 9.95. The van der Waals surface area contributed by atoms with Crippen molar-refractivity contribution in [3.8, 4) is 5.75 Å². The summed E-state index contributed by atoms with van der Waals surface area (Å²) >= 11 is 0. The lowest BCUT2D eigenvalue weighted by molar-refractivity contribution is 0.220. The monoisotopic (exact) mass is 246 g/mol. The van der Waals surface area contributed by atoms with Crippen LogP contribution in [0.1, 0.15) is 18.4 Å². The van der Waals surface area contributed by atoms with Crippen molar-refractivity contribution in [3.63, 3.8) is 0 Å². The predicted molar refractivity (Wildman–Crippen MR) is 73.2 cm³/mol. The number of benzene rings is 1. The third-order valence-corrected chi connectivity index (χ3v) is 4.27. The summed E-state index contributed by atoms with van der Waals surface area (Å²) in [6.45, 7) is 5.85. The van der Waals surface area contributed by atoms with E-state index in [0.717, 1.165) is 18.8 Å². The molecule has 2 fully saturated rings. The third kappa shape index (κ3) is 2.38. The molecule has 0 radical (unpaired) electrons. The molecule has 1 aromatic rings. The molecule has 1 saturated carbocycles. The van der Waals surface area contributed by atoms with Crippen LogP contribution in [0.3, 0.4) is 0 Å². The Kier molecular flexibility index (Phi) is 3.27. The average Bonchev–Trinajstić information content (AvgIpc) is 3.21. The van der Waals surface area contributed by atoms with Gasteiger partial charge in [-0.15, -0.1) is 0 Å². The molecule has 1 N–H and O–H groups in total. The molecule has 0 spiro atoms. The maximum atomic E-state index is 5.34. The largest absolute Gasteiger partial charge is 0.497 e. The Labute approximate surface area is 109 Å². The normalized spacial score (nSPS) is 22.7. The quantitative estimate of drug-likeness (QED) is 0.874. The van der Waals surface area contributed by atoms with Crippen molar-refractivity contribution >= 4 is 0 Å². The summed E-state index contributed by atoms with van der Waals surface area (Å²) in [4.78, 5) is 2.60. The standard InChI is InChI=1S/C15H22N2O/c1-18-14-4-2-3-13(11-14)15(5-6-15)12-17-9-7-16-8-10-17/h2-4,11,16H,5-10,12H2,1H3. The summed E-state index contributed by atoms with van der Waals surface area (Å²) in [7, 11) is 1.75. The highest BCUT2D eigenvalue weighted by molar-refractivity contribution is 5.38. The van der Waals surface area contributed by atoms with E-state index < -0.39 is 0 Å². The highest BCUT2D eigenvalue weighted by atomic mass is 16.5. The smallest absolute Gasteiger partial charge is 0.119 e. The van der Waals surface area contributed by atoms with Gasteiger partial charge in [-0.3, -0.25) is 4.90 Å². The van der Waals surface area contributed by atoms with Gasteiger partial charge < -0.3 is 10.1 Å². The summed E-state index contributed by atoms with van der Waals surface area (Å²) in [6, 6.07) is 8.63. The molecule has 1 aliphatic heterocycles. The van der Waals surface area contributed by atoms with Gasteiger partial charge in [0.25, 0.3) is 0 Å². The molecule has 3 heteroatoms. The van der Waals surface area contributed by atoms with Gasteiger partial charge in [-0.25, -0.2) is 0 Å². The molecule has 1 aliphatic carbocycles. The minimum atomic E-state index is 0.409. The number of methoxy groups -OCH3 is 1. The van der Waals surface area contributed by atoms with Crippen molar-refractivity contribution in [2.75, 3.05) is 39.8 Å². The van der Waals surface area contributed by atoms with E-state index in [1.165, 1.54) is 38.0 Å². The number of piperazine rings is 1. The molecular formula is C15H22N2O. The van der Waals surface area contributed by atoms with Crippen LogP contribution >= 0.6 is 0 Å². The zero-order valence-electron chi connectivity index (χ0n) is 11.1. The zero-order valence-corrected chi connectivity index (χ0v) is 11.1. The Balaban J connectivity index is 1.73. The lowest BCUT2D eigenvalue weighted by Gasteiger charge is -2.31. The SMILES string of the molecule is COc1cccc(C2(CN3CCNCC3)CC2)c1. The van der Waals surface area contributed by atoms with E-state index in [9.17, 15) is 0 Å². The van der Waals surface area contributed by atoms with Crippen LogP contribution in [0.5, 0.6) is 5.75 Å². The van der Waals surface area contributed by atoms with Gasteiger partial charge in [0.2, 0.25) is 0 Å². The molecule has 2 aliphatic rings. The molecule has 0 bridgehead atoms. The topological polar surface area (TPSA) is 24.5 Å². The van der Waals surface area contributed by atoms with Crippen molar-refractivity contribution < 1.29 is 4.74 Å². The first-order valence-corrected chi connectivity index (χ1v) is 6.90. The van der Waals surface area contributed by atoms with E-state index in [1.54, 1.807) is 7.11 Å². The minimum Gasteiger partial charge on any atom is -0.497 e.